The molecular weight excluding hydrogens is 244 g/mol. The molecule has 0 aliphatic rings. The normalized spacial score (nSPS) is 12.7. The molecule has 1 aromatic heterocycles. The molecule has 1 atom stereocenters. The van der Waals surface area contributed by atoms with E-state index in [0.29, 0.717) is 5.56 Å². The highest BCUT2D eigenvalue weighted by Crippen LogP contribution is 2.31. The molecule has 0 fully saturated rings. The summed E-state index contributed by atoms with van der Waals surface area (Å²) in [7, 11) is 0. The topological polar surface area (TPSA) is 35.2 Å². The number of nitrogens with two attached hydrogens (primary N) is 1. The second-order valence-electron chi connectivity index (χ2n) is 3.41. The number of rotatable bonds is 4. The van der Waals surface area contributed by atoms with E-state index < -0.39 is 12.7 Å². The molecule has 5 heteroatoms. The summed E-state index contributed by atoms with van der Waals surface area (Å²) in [6, 6.07) is 9.89. The van der Waals surface area contributed by atoms with E-state index in [0.717, 1.165) is 4.88 Å². The van der Waals surface area contributed by atoms with Crippen LogP contribution in [0.4, 0.5) is 8.78 Å². The molecule has 0 bridgehead atoms. The lowest BCUT2D eigenvalue weighted by molar-refractivity contribution is -0.0505. The molecule has 0 amide bonds. The first kappa shape index (κ1) is 12.0. The van der Waals surface area contributed by atoms with E-state index in [1.54, 1.807) is 18.2 Å². The minimum absolute atomic E-state index is 0.128. The SMILES string of the molecule is NC(c1cccs1)c1ccccc1OC(F)F. The summed E-state index contributed by atoms with van der Waals surface area (Å²) in [6.07, 6.45) is 0. The molecule has 2 rings (SSSR count). The quantitative estimate of drug-likeness (QED) is 0.908. The van der Waals surface area contributed by atoms with Crippen molar-refractivity contribution in [1.29, 1.82) is 0 Å². The molecule has 2 aromatic rings. The first-order valence-electron chi connectivity index (χ1n) is 5.01. The molecular formula is C12H11F2NOS. The summed E-state index contributed by atoms with van der Waals surface area (Å²) in [5, 5.41) is 1.89. The van der Waals surface area contributed by atoms with Crippen LogP contribution in [0.15, 0.2) is 41.8 Å². The van der Waals surface area contributed by atoms with E-state index in [1.807, 2.05) is 17.5 Å². The molecule has 0 saturated carbocycles. The van der Waals surface area contributed by atoms with Gasteiger partial charge in [0.15, 0.2) is 0 Å². The van der Waals surface area contributed by atoms with Gasteiger partial charge in [0.25, 0.3) is 0 Å². The van der Waals surface area contributed by atoms with Crippen LogP contribution in [0.5, 0.6) is 5.75 Å². The number of benzene rings is 1. The monoisotopic (exact) mass is 255 g/mol. The lowest BCUT2D eigenvalue weighted by Crippen LogP contribution is -2.13. The zero-order valence-electron chi connectivity index (χ0n) is 8.85. The molecule has 1 unspecified atom stereocenters. The van der Waals surface area contributed by atoms with Gasteiger partial charge in [0.2, 0.25) is 0 Å². The molecule has 90 valence electrons. The predicted molar refractivity (Wildman–Crippen MR) is 63.4 cm³/mol. The second kappa shape index (κ2) is 5.25. The number of hydrogen-bond acceptors (Lipinski definition) is 3. The van der Waals surface area contributed by atoms with E-state index in [1.165, 1.54) is 17.4 Å². The van der Waals surface area contributed by atoms with Crippen molar-refractivity contribution in [2.75, 3.05) is 0 Å². The van der Waals surface area contributed by atoms with Gasteiger partial charge in [-0.25, -0.2) is 0 Å². The van der Waals surface area contributed by atoms with E-state index in [-0.39, 0.29) is 5.75 Å². The third kappa shape index (κ3) is 2.81. The Morgan fingerprint density at radius 3 is 2.53 bits per heavy atom. The Morgan fingerprint density at radius 1 is 1.12 bits per heavy atom. The lowest BCUT2D eigenvalue weighted by Gasteiger charge is -2.15. The van der Waals surface area contributed by atoms with Crippen LogP contribution in [0.1, 0.15) is 16.5 Å². The maximum absolute atomic E-state index is 12.2. The van der Waals surface area contributed by atoms with Gasteiger partial charge >= 0.3 is 6.61 Å². The molecule has 0 aliphatic heterocycles. The van der Waals surface area contributed by atoms with Crippen LogP contribution in [-0.4, -0.2) is 6.61 Å². The highest BCUT2D eigenvalue weighted by Gasteiger charge is 2.16. The molecule has 0 spiro atoms. The Morgan fingerprint density at radius 2 is 1.88 bits per heavy atom. The maximum atomic E-state index is 12.2. The Hall–Kier alpha value is -1.46. The summed E-state index contributed by atoms with van der Waals surface area (Å²) in [5.74, 6) is 0.128. The fraction of sp³-hybridized carbons (Fsp3) is 0.167. The first-order valence-corrected chi connectivity index (χ1v) is 5.89. The van der Waals surface area contributed by atoms with Crippen LogP contribution in [0.3, 0.4) is 0 Å². The molecule has 2 nitrogen and oxygen atoms in total. The predicted octanol–water partition coefficient (Wildman–Crippen LogP) is 3.40. The van der Waals surface area contributed by atoms with Crippen molar-refractivity contribution < 1.29 is 13.5 Å². The van der Waals surface area contributed by atoms with Crippen LogP contribution in [0, 0.1) is 0 Å². The van der Waals surface area contributed by atoms with Crippen LogP contribution in [0.2, 0.25) is 0 Å². The first-order chi connectivity index (χ1) is 8.18. The summed E-state index contributed by atoms with van der Waals surface area (Å²) in [5.41, 5.74) is 6.59. The van der Waals surface area contributed by atoms with Gasteiger partial charge in [-0.05, 0) is 17.5 Å². The molecule has 2 N–H and O–H groups in total. The Labute approximate surface area is 102 Å². The van der Waals surface area contributed by atoms with E-state index in [9.17, 15) is 8.78 Å². The van der Waals surface area contributed by atoms with Gasteiger partial charge in [-0.1, -0.05) is 24.3 Å². The molecule has 0 radical (unpaired) electrons. The molecule has 0 aliphatic carbocycles. The number of halogens is 2. The van der Waals surface area contributed by atoms with Gasteiger partial charge in [0, 0.05) is 10.4 Å². The Kier molecular flexibility index (Phi) is 3.71. The number of hydrogen-bond donors (Lipinski definition) is 1. The average Bonchev–Trinajstić information content (AvgIpc) is 2.81. The van der Waals surface area contributed by atoms with Crippen molar-refractivity contribution in [2.24, 2.45) is 5.73 Å². The Balaban J connectivity index is 2.31. The van der Waals surface area contributed by atoms with E-state index in [2.05, 4.69) is 4.74 Å². The van der Waals surface area contributed by atoms with Crippen molar-refractivity contribution in [3.63, 3.8) is 0 Å². The van der Waals surface area contributed by atoms with Gasteiger partial charge in [0.05, 0.1) is 6.04 Å². The smallest absolute Gasteiger partial charge is 0.387 e. The van der Waals surface area contributed by atoms with Crippen molar-refractivity contribution in [3.8, 4) is 5.75 Å². The van der Waals surface area contributed by atoms with Crippen LogP contribution in [0.25, 0.3) is 0 Å². The Bertz CT molecular complexity index is 473. The summed E-state index contributed by atoms with van der Waals surface area (Å²) in [6.45, 7) is -2.84. The standard InChI is InChI=1S/C12H11F2NOS/c13-12(14)16-9-5-2-1-4-8(9)11(15)10-6-3-7-17-10/h1-7,11-12H,15H2. The van der Waals surface area contributed by atoms with Crippen LogP contribution in [-0.2, 0) is 0 Å². The summed E-state index contributed by atoms with van der Waals surface area (Å²) in [4.78, 5) is 0.912. The third-order valence-corrected chi connectivity index (χ3v) is 3.28. The number of alkyl halides is 2. The van der Waals surface area contributed by atoms with Crippen LogP contribution < -0.4 is 10.5 Å². The number of thiophene rings is 1. The van der Waals surface area contributed by atoms with Gasteiger partial charge in [0.1, 0.15) is 5.75 Å². The lowest BCUT2D eigenvalue weighted by atomic mass is 10.1. The number of para-hydroxylation sites is 1. The van der Waals surface area contributed by atoms with Crippen LogP contribution >= 0.6 is 11.3 Å². The highest BCUT2D eigenvalue weighted by atomic mass is 32.1. The van der Waals surface area contributed by atoms with Gasteiger partial charge < -0.3 is 10.5 Å². The fourth-order valence-electron chi connectivity index (χ4n) is 1.56. The number of ether oxygens (including phenoxy) is 1. The van der Waals surface area contributed by atoms with E-state index >= 15 is 0 Å². The van der Waals surface area contributed by atoms with Gasteiger partial charge in [-0.15, -0.1) is 11.3 Å². The van der Waals surface area contributed by atoms with Crippen molar-refractivity contribution >= 4 is 11.3 Å². The third-order valence-electron chi connectivity index (χ3n) is 2.32. The highest BCUT2D eigenvalue weighted by molar-refractivity contribution is 7.10. The largest absolute Gasteiger partial charge is 0.434 e. The maximum Gasteiger partial charge on any atom is 0.387 e. The zero-order chi connectivity index (χ0) is 12.3. The summed E-state index contributed by atoms with van der Waals surface area (Å²) < 4.78 is 28.9. The average molecular weight is 255 g/mol. The van der Waals surface area contributed by atoms with Crippen molar-refractivity contribution in [1.82, 2.24) is 0 Å². The molecule has 17 heavy (non-hydrogen) atoms. The van der Waals surface area contributed by atoms with Crippen molar-refractivity contribution in [3.05, 3.63) is 52.2 Å². The minimum atomic E-state index is -2.84. The minimum Gasteiger partial charge on any atom is -0.434 e. The van der Waals surface area contributed by atoms with E-state index in [4.69, 9.17) is 5.73 Å². The molecule has 1 aromatic carbocycles. The van der Waals surface area contributed by atoms with Gasteiger partial charge in [-0.3, -0.25) is 0 Å². The van der Waals surface area contributed by atoms with Gasteiger partial charge in [-0.2, -0.15) is 8.78 Å². The zero-order valence-corrected chi connectivity index (χ0v) is 9.66. The molecule has 1 heterocycles. The summed E-state index contributed by atoms with van der Waals surface area (Å²) >= 11 is 1.49. The fourth-order valence-corrected chi connectivity index (χ4v) is 2.31. The second-order valence-corrected chi connectivity index (χ2v) is 4.39. The van der Waals surface area contributed by atoms with Crippen molar-refractivity contribution in [2.45, 2.75) is 12.7 Å². The molecule has 0 saturated heterocycles.